The molecule has 0 saturated carbocycles. The van der Waals surface area contributed by atoms with Gasteiger partial charge in [0.1, 0.15) is 5.82 Å². The molecular weight excluding hydrogens is 299 g/mol. The van der Waals surface area contributed by atoms with Crippen LogP contribution in [0.2, 0.25) is 0 Å². The van der Waals surface area contributed by atoms with Crippen LogP contribution in [0.25, 0.3) is 5.69 Å². The maximum absolute atomic E-state index is 13.2. The molecular formula is C17H13FN2OS. The Kier molecular flexibility index (Phi) is 4.34. The molecule has 0 atom stereocenters. The van der Waals surface area contributed by atoms with Crippen molar-refractivity contribution in [1.82, 2.24) is 9.55 Å². The highest BCUT2D eigenvalue weighted by Gasteiger charge is 2.07. The van der Waals surface area contributed by atoms with Gasteiger partial charge in [0.2, 0.25) is 0 Å². The Morgan fingerprint density at radius 3 is 2.68 bits per heavy atom. The van der Waals surface area contributed by atoms with Gasteiger partial charge >= 0.3 is 0 Å². The van der Waals surface area contributed by atoms with Crippen molar-refractivity contribution in [3.63, 3.8) is 0 Å². The summed E-state index contributed by atoms with van der Waals surface area (Å²) in [4.78, 5) is 16.6. The molecule has 22 heavy (non-hydrogen) atoms. The van der Waals surface area contributed by atoms with Crippen LogP contribution in [0.3, 0.4) is 0 Å². The van der Waals surface area contributed by atoms with Crippen molar-refractivity contribution in [2.75, 3.05) is 0 Å². The Morgan fingerprint density at radius 1 is 1.09 bits per heavy atom. The largest absolute Gasteiger partial charge is 0.287 e. The summed E-state index contributed by atoms with van der Waals surface area (Å²) in [7, 11) is 0. The molecule has 0 aliphatic rings. The van der Waals surface area contributed by atoms with Gasteiger partial charge in [0, 0.05) is 23.8 Å². The molecule has 0 N–H and O–H groups in total. The normalized spacial score (nSPS) is 10.6. The molecule has 3 aromatic rings. The lowest BCUT2D eigenvalue weighted by Gasteiger charge is -2.07. The fourth-order valence-corrected chi connectivity index (χ4v) is 2.90. The summed E-state index contributed by atoms with van der Waals surface area (Å²) in [6, 6.07) is 15.7. The van der Waals surface area contributed by atoms with Crippen molar-refractivity contribution in [3.8, 4) is 5.69 Å². The Morgan fingerprint density at radius 2 is 1.91 bits per heavy atom. The van der Waals surface area contributed by atoms with Crippen LogP contribution in [-0.4, -0.2) is 9.55 Å². The van der Waals surface area contributed by atoms with Crippen molar-refractivity contribution in [2.45, 2.75) is 10.8 Å². The molecule has 0 radical (unpaired) electrons. The standard InChI is InChI=1S/C17H13FN2OS/c18-14-6-4-5-13(11-14)12-22-16-17(21)20(10-9-19-16)15-7-2-1-3-8-15/h1-11H,12H2. The molecule has 0 aliphatic carbocycles. The molecule has 0 aliphatic heterocycles. The van der Waals surface area contributed by atoms with E-state index in [4.69, 9.17) is 0 Å². The SMILES string of the molecule is O=c1c(SCc2cccc(F)c2)nccn1-c1ccccc1. The maximum Gasteiger partial charge on any atom is 0.287 e. The highest BCUT2D eigenvalue weighted by molar-refractivity contribution is 7.98. The van der Waals surface area contributed by atoms with E-state index in [1.807, 2.05) is 36.4 Å². The molecule has 3 rings (SSSR count). The van der Waals surface area contributed by atoms with Crippen LogP contribution >= 0.6 is 11.8 Å². The number of halogens is 1. The van der Waals surface area contributed by atoms with E-state index in [-0.39, 0.29) is 11.4 Å². The van der Waals surface area contributed by atoms with Crippen molar-refractivity contribution in [2.24, 2.45) is 0 Å². The second kappa shape index (κ2) is 6.58. The first-order valence-corrected chi connectivity index (χ1v) is 7.73. The Labute approximate surface area is 131 Å². The van der Waals surface area contributed by atoms with Crippen LogP contribution in [-0.2, 0) is 5.75 Å². The summed E-state index contributed by atoms with van der Waals surface area (Å²) in [5.41, 5.74) is 1.44. The summed E-state index contributed by atoms with van der Waals surface area (Å²) >= 11 is 1.31. The van der Waals surface area contributed by atoms with Gasteiger partial charge in [-0.3, -0.25) is 9.36 Å². The molecule has 0 unspecified atom stereocenters. The van der Waals surface area contributed by atoms with Crippen molar-refractivity contribution < 1.29 is 4.39 Å². The Balaban J connectivity index is 1.85. The van der Waals surface area contributed by atoms with Gasteiger partial charge in [0.15, 0.2) is 5.03 Å². The summed E-state index contributed by atoms with van der Waals surface area (Å²) in [5, 5.41) is 0.399. The number of rotatable bonds is 4. The minimum absolute atomic E-state index is 0.171. The molecule has 5 heteroatoms. The van der Waals surface area contributed by atoms with E-state index in [0.29, 0.717) is 10.8 Å². The second-order valence-electron chi connectivity index (χ2n) is 4.66. The van der Waals surface area contributed by atoms with Crippen molar-refractivity contribution in [1.29, 1.82) is 0 Å². The van der Waals surface area contributed by atoms with Crippen molar-refractivity contribution in [3.05, 3.63) is 88.7 Å². The fourth-order valence-electron chi connectivity index (χ4n) is 2.06. The average Bonchev–Trinajstić information content (AvgIpc) is 2.55. The number of hydrogen-bond donors (Lipinski definition) is 0. The number of nitrogens with zero attached hydrogens (tertiary/aromatic N) is 2. The van der Waals surface area contributed by atoms with Gasteiger partial charge in [-0.25, -0.2) is 9.37 Å². The lowest BCUT2D eigenvalue weighted by Crippen LogP contribution is -2.20. The Bertz CT molecular complexity index is 833. The monoisotopic (exact) mass is 312 g/mol. The third-order valence-electron chi connectivity index (χ3n) is 3.11. The molecule has 0 saturated heterocycles. The van der Waals surface area contributed by atoms with E-state index >= 15 is 0 Å². The number of para-hydroxylation sites is 1. The van der Waals surface area contributed by atoms with Crippen LogP contribution in [0, 0.1) is 5.82 Å². The van der Waals surface area contributed by atoms with Crippen LogP contribution in [0.1, 0.15) is 5.56 Å². The van der Waals surface area contributed by atoms with Gasteiger partial charge < -0.3 is 0 Å². The zero-order valence-corrected chi connectivity index (χ0v) is 12.5. The van der Waals surface area contributed by atoms with Crippen LogP contribution in [0.15, 0.2) is 76.8 Å². The van der Waals surface area contributed by atoms with Gasteiger partial charge in [0.25, 0.3) is 5.56 Å². The smallest absolute Gasteiger partial charge is 0.280 e. The molecule has 1 aromatic heterocycles. The predicted octanol–water partition coefficient (Wildman–Crippen LogP) is 3.66. The van der Waals surface area contributed by atoms with Crippen LogP contribution in [0.5, 0.6) is 0 Å². The number of hydrogen-bond acceptors (Lipinski definition) is 3. The highest BCUT2D eigenvalue weighted by Crippen LogP contribution is 2.18. The van der Waals surface area contributed by atoms with Gasteiger partial charge in [0.05, 0.1) is 0 Å². The summed E-state index contributed by atoms with van der Waals surface area (Å²) in [6.45, 7) is 0. The summed E-state index contributed by atoms with van der Waals surface area (Å²) in [5.74, 6) is 0.222. The summed E-state index contributed by atoms with van der Waals surface area (Å²) in [6.07, 6.45) is 3.24. The predicted molar refractivity (Wildman–Crippen MR) is 85.8 cm³/mol. The molecule has 3 nitrogen and oxygen atoms in total. The number of benzene rings is 2. The first-order chi connectivity index (χ1) is 10.7. The van der Waals surface area contributed by atoms with E-state index in [2.05, 4.69) is 4.98 Å². The van der Waals surface area contributed by atoms with Gasteiger partial charge in [-0.15, -0.1) is 0 Å². The lowest BCUT2D eigenvalue weighted by molar-refractivity contribution is 0.626. The average molecular weight is 312 g/mol. The number of aromatic nitrogens is 2. The molecule has 0 amide bonds. The molecule has 110 valence electrons. The fraction of sp³-hybridized carbons (Fsp3) is 0.0588. The third-order valence-corrected chi connectivity index (χ3v) is 4.14. The third kappa shape index (κ3) is 3.26. The zero-order chi connectivity index (χ0) is 15.4. The highest BCUT2D eigenvalue weighted by atomic mass is 32.2. The van der Waals surface area contributed by atoms with E-state index in [1.54, 1.807) is 23.0 Å². The quantitative estimate of drug-likeness (QED) is 0.690. The van der Waals surface area contributed by atoms with Crippen LogP contribution < -0.4 is 5.56 Å². The van der Waals surface area contributed by atoms with E-state index < -0.39 is 0 Å². The van der Waals surface area contributed by atoms with E-state index in [9.17, 15) is 9.18 Å². The minimum Gasteiger partial charge on any atom is -0.280 e. The Hall–Kier alpha value is -2.40. The van der Waals surface area contributed by atoms with E-state index in [1.165, 1.54) is 23.9 Å². The molecule has 0 fully saturated rings. The first kappa shape index (κ1) is 14.5. The molecule has 2 aromatic carbocycles. The topological polar surface area (TPSA) is 34.9 Å². The first-order valence-electron chi connectivity index (χ1n) is 6.74. The number of thioether (sulfide) groups is 1. The summed E-state index contributed by atoms with van der Waals surface area (Å²) < 4.78 is 14.7. The van der Waals surface area contributed by atoms with Gasteiger partial charge in [-0.05, 0) is 29.8 Å². The van der Waals surface area contributed by atoms with E-state index in [0.717, 1.165) is 11.3 Å². The minimum atomic E-state index is -0.277. The maximum atomic E-state index is 13.2. The lowest BCUT2D eigenvalue weighted by atomic mass is 10.2. The van der Waals surface area contributed by atoms with Gasteiger partial charge in [-0.1, -0.05) is 42.1 Å². The molecule has 0 bridgehead atoms. The molecule has 0 spiro atoms. The molecule has 1 heterocycles. The van der Waals surface area contributed by atoms with Gasteiger partial charge in [-0.2, -0.15) is 0 Å². The zero-order valence-electron chi connectivity index (χ0n) is 11.6. The second-order valence-corrected chi connectivity index (χ2v) is 5.63. The van der Waals surface area contributed by atoms with Crippen LogP contribution in [0.4, 0.5) is 4.39 Å². The van der Waals surface area contributed by atoms with Crippen molar-refractivity contribution >= 4 is 11.8 Å².